The summed E-state index contributed by atoms with van der Waals surface area (Å²) in [5, 5.41) is 13.7. The summed E-state index contributed by atoms with van der Waals surface area (Å²) >= 11 is 0. The highest BCUT2D eigenvalue weighted by Crippen LogP contribution is 2.05. The molecule has 19 heavy (non-hydrogen) atoms. The number of pyridine rings is 1. The Hall–Kier alpha value is -2.39. The summed E-state index contributed by atoms with van der Waals surface area (Å²) in [6.07, 6.45) is 3.15. The van der Waals surface area contributed by atoms with Crippen molar-refractivity contribution in [3.05, 3.63) is 29.6 Å². The molecule has 6 nitrogen and oxygen atoms in total. The number of rotatable bonds is 4. The van der Waals surface area contributed by atoms with Crippen LogP contribution in [0.2, 0.25) is 0 Å². The summed E-state index contributed by atoms with van der Waals surface area (Å²) in [6.45, 7) is -0.0413. The lowest BCUT2D eigenvalue weighted by atomic mass is 10.1. The Balaban J connectivity index is 2.69. The van der Waals surface area contributed by atoms with Gasteiger partial charge in [0.1, 0.15) is 6.61 Å². The van der Waals surface area contributed by atoms with Gasteiger partial charge in [-0.25, -0.2) is 0 Å². The van der Waals surface area contributed by atoms with Crippen molar-refractivity contribution in [1.29, 1.82) is 0 Å². The fourth-order valence-electron chi connectivity index (χ4n) is 1.34. The maximum atomic E-state index is 11.9. The molecular formula is C13H15N3O3. The van der Waals surface area contributed by atoms with E-state index in [0.29, 0.717) is 11.1 Å². The van der Waals surface area contributed by atoms with Crippen LogP contribution < -0.4 is 10.6 Å². The Morgan fingerprint density at radius 2 is 2.26 bits per heavy atom. The molecule has 0 saturated heterocycles. The first-order chi connectivity index (χ1) is 9.19. The van der Waals surface area contributed by atoms with Crippen LogP contribution in [0.1, 0.15) is 22.3 Å². The fraction of sp³-hybridized carbons (Fsp3) is 0.308. The van der Waals surface area contributed by atoms with E-state index in [9.17, 15) is 9.59 Å². The number of aliphatic hydroxyl groups excluding tert-OH is 1. The molecule has 1 rings (SSSR count). The molecule has 0 aliphatic rings. The van der Waals surface area contributed by atoms with Gasteiger partial charge >= 0.3 is 0 Å². The van der Waals surface area contributed by atoms with Crippen molar-refractivity contribution >= 4 is 11.8 Å². The van der Waals surface area contributed by atoms with Crippen LogP contribution in [0, 0.1) is 11.8 Å². The van der Waals surface area contributed by atoms with E-state index in [2.05, 4.69) is 27.5 Å². The quantitative estimate of drug-likeness (QED) is 0.624. The van der Waals surface area contributed by atoms with Crippen LogP contribution in [0.15, 0.2) is 18.5 Å². The lowest BCUT2D eigenvalue weighted by Gasteiger charge is -2.06. The molecule has 100 valence electrons. The van der Waals surface area contributed by atoms with Gasteiger partial charge in [0, 0.05) is 32.4 Å². The normalized spacial score (nSPS) is 9.16. The number of hydrogen-bond donors (Lipinski definition) is 3. The van der Waals surface area contributed by atoms with Crippen LogP contribution in [0.25, 0.3) is 0 Å². The highest BCUT2D eigenvalue weighted by molar-refractivity contribution is 5.96. The second-order valence-electron chi connectivity index (χ2n) is 3.56. The van der Waals surface area contributed by atoms with E-state index in [1.54, 1.807) is 0 Å². The minimum Gasteiger partial charge on any atom is -0.384 e. The minimum absolute atomic E-state index is 0.143. The van der Waals surface area contributed by atoms with Gasteiger partial charge in [0.15, 0.2) is 0 Å². The molecule has 0 saturated carbocycles. The Morgan fingerprint density at radius 1 is 1.47 bits per heavy atom. The van der Waals surface area contributed by atoms with Crippen molar-refractivity contribution in [3.8, 4) is 11.8 Å². The van der Waals surface area contributed by atoms with E-state index >= 15 is 0 Å². The van der Waals surface area contributed by atoms with Gasteiger partial charge in [0.05, 0.1) is 11.1 Å². The van der Waals surface area contributed by atoms with Gasteiger partial charge in [-0.3, -0.25) is 14.6 Å². The van der Waals surface area contributed by atoms with E-state index < -0.39 is 0 Å². The summed E-state index contributed by atoms with van der Waals surface area (Å²) in [5.74, 6) is 4.65. The standard InChI is InChI=1S/C13H15N3O3/c1-14-12(18)5-7-16-13(19)11-4-6-15-9-10(11)3-2-8-17/h4,6,9,17H,5,7-8H2,1H3,(H,14,18)(H,16,19). The van der Waals surface area contributed by atoms with E-state index in [4.69, 9.17) is 5.11 Å². The number of carbonyl (C=O) groups is 2. The van der Waals surface area contributed by atoms with Gasteiger partial charge in [-0.05, 0) is 6.07 Å². The topological polar surface area (TPSA) is 91.3 Å². The number of hydrogen-bond acceptors (Lipinski definition) is 4. The van der Waals surface area contributed by atoms with Gasteiger partial charge in [-0.1, -0.05) is 11.8 Å². The summed E-state index contributed by atoms with van der Waals surface area (Å²) in [5.41, 5.74) is 0.807. The zero-order valence-corrected chi connectivity index (χ0v) is 10.6. The van der Waals surface area contributed by atoms with Crippen molar-refractivity contribution in [2.24, 2.45) is 0 Å². The molecule has 0 aliphatic heterocycles. The van der Waals surface area contributed by atoms with Crippen LogP contribution in [-0.4, -0.2) is 42.1 Å². The average Bonchev–Trinajstić information content (AvgIpc) is 2.45. The van der Waals surface area contributed by atoms with Crippen LogP contribution >= 0.6 is 0 Å². The predicted octanol–water partition coefficient (Wildman–Crippen LogP) is -0.709. The smallest absolute Gasteiger partial charge is 0.252 e. The maximum absolute atomic E-state index is 11.9. The van der Waals surface area contributed by atoms with Gasteiger partial charge in [-0.2, -0.15) is 0 Å². The van der Waals surface area contributed by atoms with E-state index in [0.717, 1.165) is 0 Å². The van der Waals surface area contributed by atoms with Gasteiger partial charge in [-0.15, -0.1) is 0 Å². The summed E-state index contributed by atoms with van der Waals surface area (Å²) in [6, 6.07) is 1.54. The Bertz CT molecular complexity index is 517. The molecule has 0 spiro atoms. The van der Waals surface area contributed by atoms with Crippen molar-refractivity contribution < 1.29 is 14.7 Å². The number of amides is 2. The van der Waals surface area contributed by atoms with E-state index in [1.807, 2.05) is 0 Å². The number of carbonyl (C=O) groups excluding carboxylic acids is 2. The molecule has 1 aromatic heterocycles. The Kier molecular flexibility index (Phi) is 6.06. The number of nitrogens with one attached hydrogen (secondary N) is 2. The van der Waals surface area contributed by atoms with E-state index in [1.165, 1.54) is 25.5 Å². The number of aliphatic hydroxyl groups is 1. The number of aromatic nitrogens is 1. The second kappa shape index (κ2) is 7.84. The number of nitrogens with zero attached hydrogens (tertiary/aromatic N) is 1. The third-order valence-corrected chi connectivity index (χ3v) is 2.28. The molecule has 0 bridgehead atoms. The molecule has 1 heterocycles. The SMILES string of the molecule is CNC(=O)CCNC(=O)c1ccncc1C#CCO. The highest BCUT2D eigenvalue weighted by atomic mass is 16.2. The van der Waals surface area contributed by atoms with Crippen LogP contribution in [-0.2, 0) is 4.79 Å². The van der Waals surface area contributed by atoms with Gasteiger partial charge in [0.25, 0.3) is 5.91 Å². The highest BCUT2D eigenvalue weighted by Gasteiger charge is 2.09. The molecule has 2 amide bonds. The van der Waals surface area contributed by atoms with Crippen molar-refractivity contribution in [1.82, 2.24) is 15.6 Å². The Labute approximate surface area is 111 Å². The largest absolute Gasteiger partial charge is 0.384 e. The van der Waals surface area contributed by atoms with Crippen molar-refractivity contribution in [2.75, 3.05) is 20.2 Å². The van der Waals surface area contributed by atoms with Gasteiger partial charge < -0.3 is 15.7 Å². The van der Waals surface area contributed by atoms with E-state index in [-0.39, 0.29) is 31.4 Å². The first-order valence-electron chi connectivity index (χ1n) is 5.71. The third-order valence-electron chi connectivity index (χ3n) is 2.28. The molecule has 0 unspecified atom stereocenters. The van der Waals surface area contributed by atoms with Crippen LogP contribution in [0.5, 0.6) is 0 Å². The monoisotopic (exact) mass is 261 g/mol. The minimum atomic E-state index is -0.325. The molecule has 6 heteroatoms. The van der Waals surface area contributed by atoms with Gasteiger partial charge in [0.2, 0.25) is 5.91 Å². The Morgan fingerprint density at radius 3 is 2.95 bits per heavy atom. The molecule has 1 aromatic rings. The van der Waals surface area contributed by atoms with Crippen LogP contribution in [0.3, 0.4) is 0 Å². The molecular weight excluding hydrogens is 246 g/mol. The fourth-order valence-corrected chi connectivity index (χ4v) is 1.34. The molecule has 0 aromatic carbocycles. The zero-order valence-electron chi connectivity index (χ0n) is 10.6. The maximum Gasteiger partial charge on any atom is 0.252 e. The molecule has 0 atom stereocenters. The third kappa shape index (κ3) is 4.77. The predicted molar refractivity (Wildman–Crippen MR) is 69.2 cm³/mol. The second-order valence-corrected chi connectivity index (χ2v) is 3.56. The molecule has 0 fully saturated rings. The van der Waals surface area contributed by atoms with Crippen molar-refractivity contribution in [2.45, 2.75) is 6.42 Å². The van der Waals surface area contributed by atoms with Crippen molar-refractivity contribution in [3.63, 3.8) is 0 Å². The summed E-state index contributed by atoms with van der Waals surface area (Å²) in [4.78, 5) is 26.8. The summed E-state index contributed by atoms with van der Waals surface area (Å²) < 4.78 is 0. The lowest BCUT2D eigenvalue weighted by molar-refractivity contribution is -0.120. The first-order valence-corrected chi connectivity index (χ1v) is 5.71. The summed E-state index contributed by atoms with van der Waals surface area (Å²) in [7, 11) is 1.54. The zero-order chi connectivity index (χ0) is 14.1. The average molecular weight is 261 g/mol. The molecule has 0 aliphatic carbocycles. The lowest BCUT2D eigenvalue weighted by Crippen LogP contribution is -2.29. The first kappa shape index (κ1) is 14.7. The molecule has 0 radical (unpaired) electrons. The molecule has 3 N–H and O–H groups in total. The van der Waals surface area contributed by atoms with Crippen LogP contribution in [0.4, 0.5) is 0 Å².